The van der Waals surface area contributed by atoms with E-state index < -0.39 is 5.97 Å². The molecule has 3 heteroatoms. The van der Waals surface area contributed by atoms with Gasteiger partial charge in [0.1, 0.15) is 0 Å². The van der Waals surface area contributed by atoms with Crippen LogP contribution in [-0.2, 0) is 21.9 Å². The Labute approximate surface area is 53.4 Å². The molecular formula is C4H7CuO2+. The van der Waals surface area contributed by atoms with Crippen molar-refractivity contribution in [2.75, 3.05) is 0 Å². The molecule has 0 aromatic carbocycles. The normalized spacial score (nSPS) is 7.00. The summed E-state index contributed by atoms with van der Waals surface area (Å²) in [6.45, 7) is 1.80. The van der Waals surface area contributed by atoms with E-state index in [0.717, 1.165) is 0 Å². The summed E-state index contributed by atoms with van der Waals surface area (Å²) in [4.78, 5) is 9.49. The predicted octanol–water partition coefficient (Wildman–Crippen LogP) is -0.466. The fraction of sp³-hybridized carbons (Fsp3) is 0.750. The fourth-order valence-electron chi connectivity index (χ4n) is 0.204. The molecule has 0 bridgehead atoms. The van der Waals surface area contributed by atoms with Gasteiger partial charge in [-0.25, -0.2) is 0 Å². The summed E-state index contributed by atoms with van der Waals surface area (Å²) in [7, 11) is 0. The number of carbonyl (C=O) groups excluding carboxylic acids is 1. The Morgan fingerprint density at radius 1 is 1.71 bits per heavy atom. The van der Waals surface area contributed by atoms with Crippen molar-refractivity contribution >= 4 is 5.97 Å². The molecular weight excluding hydrogens is 144 g/mol. The fourth-order valence-corrected chi connectivity index (χ4v) is 0.204. The molecule has 0 spiro atoms. The molecule has 0 N–H and O–H groups in total. The van der Waals surface area contributed by atoms with Crippen molar-refractivity contribution in [2.45, 2.75) is 19.8 Å². The zero-order chi connectivity index (χ0) is 4.99. The molecule has 0 rings (SSSR count). The topological polar surface area (TPSA) is 40.1 Å². The number of carboxylic acids is 1. The van der Waals surface area contributed by atoms with E-state index in [1.807, 2.05) is 0 Å². The van der Waals surface area contributed by atoms with E-state index in [0.29, 0.717) is 6.42 Å². The molecule has 0 atom stereocenters. The van der Waals surface area contributed by atoms with E-state index >= 15 is 0 Å². The SMILES string of the molecule is CCCC(=O)[O-].[Cu+2]. The largest absolute Gasteiger partial charge is 2.00 e. The summed E-state index contributed by atoms with van der Waals surface area (Å²) in [5, 5.41) is 9.49. The second kappa shape index (κ2) is 5.99. The minimum atomic E-state index is -0.961. The van der Waals surface area contributed by atoms with Crippen molar-refractivity contribution in [1.82, 2.24) is 0 Å². The van der Waals surface area contributed by atoms with Crippen LogP contribution in [0.1, 0.15) is 19.8 Å². The van der Waals surface area contributed by atoms with Crippen LogP contribution in [0.5, 0.6) is 0 Å². The molecule has 0 aliphatic rings. The second-order valence-corrected chi connectivity index (χ2v) is 1.12. The van der Waals surface area contributed by atoms with Gasteiger partial charge in [0.15, 0.2) is 0 Å². The monoisotopic (exact) mass is 150 g/mol. The first-order valence-electron chi connectivity index (χ1n) is 1.97. The van der Waals surface area contributed by atoms with Gasteiger partial charge >= 0.3 is 17.1 Å². The molecule has 1 radical (unpaired) electrons. The van der Waals surface area contributed by atoms with Crippen LogP contribution in [-0.4, -0.2) is 5.97 Å². The molecule has 0 heterocycles. The van der Waals surface area contributed by atoms with Crippen molar-refractivity contribution in [3.8, 4) is 0 Å². The summed E-state index contributed by atoms with van der Waals surface area (Å²) >= 11 is 0. The maximum Gasteiger partial charge on any atom is 2.00 e. The van der Waals surface area contributed by atoms with E-state index in [1.165, 1.54) is 0 Å². The molecule has 0 amide bonds. The zero-order valence-corrected chi connectivity index (χ0v) is 4.97. The van der Waals surface area contributed by atoms with Gasteiger partial charge in [-0.3, -0.25) is 0 Å². The minimum Gasteiger partial charge on any atom is -0.550 e. The molecule has 7 heavy (non-hydrogen) atoms. The van der Waals surface area contributed by atoms with Crippen LogP contribution in [0.4, 0.5) is 0 Å². The molecule has 0 aliphatic heterocycles. The molecule has 45 valence electrons. The molecule has 0 aliphatic carbocycles. The van der Waals surface area contributed by atoms with Gasteiger partial charge in [0.05, 0.1) is 0 Å². The maximum absolute atomic E-state index is 9.49. The van der Waals surface area contributed by atoms with Crippen LogP contribution in [0, 0.1) is 0 Å². The first kappa shape index (κ1) is 10.1. The van der Waals surface area contributed by atoms with Gasteiger partial charge in [0, 0.05) is 5.97 Å². The first-order valence-corrected chi connectivity index (χ1v) is 1.97. The number of hydrogen-bond acceptors (Lipinski definition) is 2. The van der Waals surface area contributed by atoms with Gasteiger partial charge < -0.3 is 9.90 Å². The predicted molar refractivity (Wildman–Crippen MR) is 19.9 cm³/mol. The molecule has 0 saturated carbocycles. The van der Waals surface area contributed by atoms with Crippen molar-refractivity contribution < 1.29 is 27.0 Å². The van der Waals surface area contributed by atoms with E-state index in [-0.39, 0.29) is 23.5 Å². The van der Waals surface area contributed by atoms with Crippen molar-refractivity contribution in [3.05, 3.63) is 0 Å². The van der Waals surface area contributed by atoms with Crippen molar-refractivity contribution in [2.24, 2.45) is 0 Å². The number of carbonyl (C=O) groups is 1. The van der Waals surface area contributed by atoms with Crippen LogP contribution in [0.3, 0.4) is 0 Å². The average molecular weight is 151 g/mol. The van der Waals surface area contributed by atoms with Gasteiger partial charge in [-0.05, 0) is 6.42 Å². The molecule has 0 fully saturated rings. The number of aliphatic carboxylic acids is 1. The van der Waals surface area contributed by atoms with Crippen LogP contribution in [0.15, 0.2) is 0 Å². The first-order chi connectivity index (χ1) is 2.77. The summed E-state index contributed by atoms with van der Waals surface area (Å²) in [6.07, 6.45) is 0.850. The van der Waals surface area contributed by atoms with Crippen molar-refractivity contribution in [3.63, 3.8) is 0 Å². The summed E-state index contributed by atoms with van der Waals surface area (Å²) in [5.41, 5.74) is 0. The van der Waals surface area contributed by atoms with Crippen molar-refractivity contribution in [1.29, 1.82) is 0 Å². The number of rotatable bonds is 2. The molecule has 0 aromatic heterocycles. The van der Waals surface area contributed by atoms with Crippen LogP contribution < -0.4 is 5.11 Å². The zero-order valence-electron chi connectivity index (χ0n) is 4.03. The Hall–Kier alpha value is -0.0105. The number of hydrogen-bond donors (Lipinski definition) is 0. The van der Waals surface area contributed by atoms with E-state index in [4.69, 9.17) is 0 Å². The van der Waals surface area contributed by atoms with Gasteiger partial charge in [-0.2, -0.15) is 0 Å². The quantitative estimate of drug-likeness (QED) is 0.500. The summed E-state index contributed by atoms with van der Waals surface area (Å²) in [6, 6.07) is 0. The van der Waals surface area contributed by atoms with Gasteiger partial charge in [-0.1, -0.05) is 13.3 Å². The Bertz CT molecular complexity index is 53.7. The number of carboxylic acid groups (broad SMARTS) is 1. The Morgan fingerprint density at radius 2 is 2.14 bits per heavy atom. The third-order valence-electron chi connectivity index (χ3n) is 0.454. The van der Waals surface area contributed by atoms with E-state index in [9.17, 15) is 9.90 Å². The standard InChI is InChI=1S/C4H8O2.Cu/c1-2-3-4(5)6;/h2-3H2,1H3,(H,5,6);/q;+2/p-1. The molecule has 0 saturated heterocycles. The second-order valence-electron chi connectivity index (χ2n) is 1.12. The molecule has 2 nitrogen and oxygen atoms in total. The van der Waals surface area contributed by atoms with E-state index in [1.54, 1.807) is 6.92 Å². The van der Waals surface area contributed by atoms with Gasteiger partial charge in [-0.15, -0.1) is 0 Å². The minimum absolute atomic E-state index is 0. The molecule has 0 unspecified atom stereocenters. The smallest absolute Gasteiger partial charge is 0.550 e. The van der Waals surface area contributed by atoms with E-state index in [2.05, 4.69) is 0 Å². The third-order valence-corrected chi connectivity index (χ3v) is 0.454. The Balaban J connectivity index is 0. The summed E-state index contributed by atoms with van der Waals surface area (Å²) in [5.74, 6) is -0.961. The van der Waals surface area contributed by atoms with Gasteiger partial charge in [0.2, 0.25) is 0 Å². The van der Waals surface area contributed by atoms with Gasteiger partial charge in [0.25, 0.3) is 0 Å². The van der Waals surface area contributed by atoms with Crippen LogP contribution >= 0.6 is 0 Å². The summed E-state index contributed by atoms with van der Waals surface area (Å²) < 4.78 is 0. The molecule has 0 aromatic rings. The van der Waals surface area contributed by atoms with Crippen LogP contribution in [0.2, 0.25) is 0 Å². The average Bonchev–Trinajstić information content (AvgIpc) is 1.35. The third kappa shape index (κ3) is 10.7. The van der Waals surface area contributed by atoms with Crippen LogP contribution in [0.25, 0.3) is 0 Å². The Morgan fingerprint density at radius 3 is 2.14 bits per heavy atom. The Kier molecular flexibility index (Phi) is 8.62. The maximum atomic E-state index is 9.49.